The molecule has 0 saturated carbocycles. The number of carbonyl (C=O) groups is 1. The fourth-order valence-electron chi connectivity index (χ4n) is 1.05. The van der Waals surface area contributed by atoms with Crippen molar-refractivity contribution in [3.05, 3.63) is 0 Å². The number of alkyl halides is 1. The molecule has 0 aromatic carbocycles. The van der Waals surface area contributed by atoms with Crippen LogP contribution < -0.4 is 5.32 Å². The molecule has 1 saturated heterocycles. The first-order valence-electron chi connectivity index (χ1n) is 3.18. The smallest absolute Gasteiger partial charge is 0.223 e. The van der Waals surface area contributed by atoms with Crippen LogP contribution >= 0.6 is 15.9 Å². The van der Waals surface area contributed by atoms with Crippen LogP contribution in [0.15, 0.2) is 0 Å². The molecule has 1 N–H and O–H groups in total. The summed E-state index contributed by atoms with van der Waals surface area (Å²) >= 11 is 3.31. The summed E-state index contributed by atoms with van der Waals surface area (Å²) in [6.45, 7) is 0.872. The maximum atomic E-state index is 10.8. The van der Waals surface area contributed by atoms with Crippen LogP contribution in [0.5, 0.6) is 0 Å². The second kappa shape index (κ2) is 3.20. The van der Waals surface area contributed by atoms with Gasteiger partial charge in [-0.25, -0.2) is 0 Å². The van der Waals surface area contributed by atoms with E-state index in [0.717, 1.165) is 24.7 Å². The maximum absolute atomic E-state index is 10.8. The molecule has 1 atom stereocenters. The molecule has 0 spiro atoms. The van der Waals surface area contributed by atoms with E-state index in [2.05, 4.69) is 21.2 Å². The molecule has 0 aromatic rings. The topological polar surface area (TPSA) is 29.1 Å². The Labute approximate surface area is 63.1 Å². The number of amides is 1. The molecule has 1 aliphatic rings. The molecule has 1 rings (SSSR count). The van der Waals surface area contributed by atoms with E-state index in [0.29, 0.717) is 0 Å². The van der Waals surface area contributed by atoms with Crippen LogP contribution in [-0.4, -0.2) is 17.8 Å². The van der Waals surface area contributed by atoms with Crippen molar-refractivity contribution in [2.24, 2.45) is 5.92 Å². The van der Waals surface area contributed by atoms with Crippen molar-refractivity contribution in [3.63, 3.8) is 0 Å². The van der Waals surface area contributed by atoms with E-state index in [1.165, 1.54) is 0 Å². The Morgan fingerprint density at radius 2 is 2.56 bits per heavy atom. The largest absolute Gasteiger partial charge is 0.356 e. The minimum Gasteiger partial charge on any atom is -0.356 e. The second-order valence-corrected chi connectivity index (χ2v) is 3.05. The standard InChI is InChI=1S/C6H10BrNO/c7-3-1-5-2-4-8-6(5)9/h5H,1-4H2,(H,8,9)/t5-/m0/s1. The van der Waals surface area contributed by atoms with Crippen LogP contribution in [0.1, 0.15) is 12.8 Å². The first kappa shape index (κ1) is 7.06. The lowest BCUT2D eigenvalue weighted by Crippen LogP contribution is -2.19. The Kier molecular flexibility index (Phi) is 2.51. The van der Waals surface area contributed by atoms with E-state index in [4.69, 9.17) is 0 Å². The van der Waals surface area contributed by atoms with Crippen LogP contribution in [-0.2, 0) is 4.79 Å². The summed E-state index contributed by atoms with van der Waals surface area (Å²) in [6, 6.07) is 0. The highest BCUT2D eigenvalue weighted by Gasteiger charge is 2.22. The lowest BCUT2D eigenvalue weighted by atomic mass is 10.1. The second-order valence-electron chi connectivity index (χ2n) is 2.25. The van der Waals surface area contributed by atoms with Gasteiger partial charge in [-0.1, -0.05) is 15.9 Å². The van der Waals surface area contributed by atoms with Gasteiger partial charge in [0.25, 0.3) is 0 Å². The van der Waals surface area contributed by atoms with Crippen LogP contribution in [0.25, 0.3) is 0 Å². The lowest BCUT2D eigenvalue weighted by molar-refractivity contribution is -0.122. The van der Waals surface area contributed by atoms with Crippen LogP contribution in [0.2, 0.25) is 0 Å². The lowest BCUT2D eigenvalue weighted by Gasteiger charge is -2.00. The molecular formula is C6H10BrNO. The van der Waals surface area contributed by atoms with Gasteiger partial charge in [0.15, 0.2) is 0 Å². The summed E-state index contributed by atoms with van der Waals surface area (Å²) in [4.78, 5) is 10.8. The summed E-state index contributed by atoms with van der Waals surface area (Å²) in [7, 11) is 0. The Morgan fingerprint density at radius 3 is 3.00 bits per heavy atom. The molecule has 52 valence electrons. The average molecular weight is 192 g/mol. The first-order chi connectivity index (χ1) is 4.34. The van der Waals surface area contributed by atoms with E-state index in [1.807, 2.05) is 0 Å². The third kappa shape index (κ3) is 1.68. The van der Waals surface area contributed by atoms with E-state index < -0.39 is 0 Å². The van der Waals surface area contributed by atoms with Crippen molar-refractivity contribution >= 4 is 21.8 Å². The quantitative estimate of drug-likeness (QED) is 0.647. The summed E-state index contributed by atoms with van der Waals surface area (Å²) in [6.07, 6.45) is 2.00. The SMILES string of the molecule is O=C1NCC[C@@H]1CCBr. The Hall–Kier alpha value is -0.0500. The van der Waals surface area contributed by atoms with Gasteiger partial charge in [-0.2, -0.15) is 0 Å². The molecule has 0 bridgehead atoms. The van der Waals surface area contributed by atoms with Gasteiger partial charge in [-0.05, 0) is 12.8 Å². The fourth-order valence-corrected chi connectivity index (χ4v) is 1.60. The minimum atomic E-state index is 0.231. The monoisotopic (exact) mass is 191 g/mol. The molecule has 3 heteroatoms. The maximum Gasteiger partial charge on any atom is 0.223 e. The van der Waals surface area contributed by atoms with E-state index >= 15 is 0 Å². The van der Waals surface area contributed by atoms with Crippen molar-refractivity contribution in [2.45, 2.75) is 12.8 Å². The van der Waals surface area contributed by atoms with Crippen molar-refractivity contribution in [3.8, 4) is 0 Å². The fraction of sp³-hybridized carbons (Fsp3) is 0.833. The van der Waals surface area contributed by atoms with Gasteiger partial charge in [-0.15, -0.1) is 0 Å². The van der Waals surface area contributed by atoms with E-state index in [-0.39, 0.29) is 11.8 Å². The van der Waals surface area contributed by atoms with Gasteiger partial charge in [0.05, 0.1) is 0 Å². The Morgan fingerprint density at radius 1 is 1.78 bits per heavy atom. The zero-order valence-electron chi connectivity index (χ0n) is 5.19. The van der Waals surface area contributed by atoms with Crippen LogP contribution in [0.3, 0.4) is 0 Å². The summed E-state index contributed by atoms with van der Waals surface area (Å²) < 4.78 is 0. The minimum absolute atomic E-state index is 0.231. The molecule has 1 amide bonds. The summed E-state index contributed by atoms with van der Waals surface area (Å²) in [5, 5.41) is 3.73. The zero-order chi connectivity index (χ0) is 6.69. The van der Waals surface area contributed by atoms with Crippen LogP contribution in [0.4, 0.5) is 0 Å². The number of nitrogens with one attached hydrogen (secondary N) is 1. The highest BCUT2D eigenvalue weighted by molar-refractivity contribution is 9.09. The highest BCUT2D eigenvalue weighted by Crippen LogP contribution is 2.14. The van der Waals surface area contributed by atoms with Gasteiger partial charge in [0, 0.05) is 17.8 Å². The number of hydrogen-bond acceptors (Lipinski definition) is 1. The number of hydrogen-bond donors (Lipinski definition) is 1. The number of carbonyl (C=O) groups excluding carboxylic acids is 1. The molecule has 0 radical (unpaired) electrons. The van der Waals surface area contributed by atoms with Gasteiger partial charge < -0.3 is 5.32 Å². The van der Waals surface area contributed by atoms with Crippen molar-refractivity contribution in [1.29, 1.82) is 0 Å². The highest BCUT2D eigenvalue weighted by atomic mass is 79.9. The molecule has 0 unspecified atom stereocenters. The van der Waals surface area contributed by atoms with Gasteiger partial charge in [0.2, 0.25) is 5.91 Å². The molecular weight excluding hydrogens is 182 g/mol. The third-order valence-corrected chi connectivity index (χ3v) is 2.08. The van der Waals surface area contributed by atoms with Gasteiger partial charge >= 0.3 is 0 Å². The molecule has 0 aliphatic carbocycles. The average Bonchev–Trinajstić information content (AvgIpc) is 2.18. The normalized spacial score (nSPS) is 26.3. The van der Waals surface area contributed by atoms with E-state index in [9.17, 15) is 4.79 Å². The van der Waals surface area contributed by atoms with E-state index in [1.54, 1.807) is 0 Å². The Balaban J connectivity index is 2.31. The number of rotatable bonds is 2. The molecule has 1 fully saturated rings. The predicted octanol–water partition coefficient (Wildman–Crippen LogP) is 0.907. The zero-order valence-corrected chi connectivity index (χ0v) is 6.78. The molecule has 1 aliphatic heterocycles. The first-order valence-corrected chi connectivity index (χ1v) is 4.30. The Bertz CT molecular complexity index is 116. The summed E-state index contributed by atoms with van der Waals surface area (Å²) in [5.41, 5.74) is 0. The molecule has 1 heterocycles. The third-order valence-electron chi connectivity index (χ3n) is 1.62. The van der Waals surface area contributed by atoms with Gasteiger partial charge in [0.1, 0.15) is 0 Å². The van der Waals surface area contributed by atoms with Crippen molar-refractivity contribution in [1.82, 2.24) is 5.32 Å². The predicted molar refractivity (Wildman–Crippen MR) is 39.5 cm³/mol. The number of halogens is 1. The molecule has 9 heavy (non-hydrogen) atoms. The molecule has 0 aromatic heterocycles. The van der Waals surface area contributed by atoms with Crippen molar-refractivity contribution in [2.75, 3.05) is 11.9 Å². The van der Waals surface area contributed by atoms with Gasteiger partial charge in [-0.3, -0.25) is 4.79 Å². The summed E-state index contributed by atoms with van der Waals surface area (Å²) in [5.74, 6) is 0.513. The van der Waals surface area contributed by atoms with Crippen LogP contribution in [0, 0.1) is 5.92 Å². The molecule has 2 nitrogen and oxygen atoms in total. The van der Waals surface area contributed by atoms with Crippen molar-refractivity contribution < 1.29 is 4.79 Å².